The Morgan fingerprint density at radius 1 is 0.512 bits per heavy atom. The van der Waals surface area contributed by atoms with Crippen molar-refractivity contribution in [1.82, 2.24) is 9.80 Å². The van der Waals surface area contributed by atoms with Crippen molar-refractivity contribution in [3.63, 3.8) is 0 Å². The highest BCUT2D eigenvalue weighted by Gasteiger charge is 2.29. The maximum atomic E-state index is 14.9. The Kier molecular flexibility index (Phi) is 23.9. The molecule has 5 aromatic carbocycles. The van der Waals surface area contributed by atoms with Crippen molar-refractivity contribution in [2.45, 2.75) is 100 Å². The second-order valence-electron chi connectivity index (χ2n) is 20.1. The van der Waals surface area contributed by atoms with E-state index in [-0.39, 0.29) is 71.6 Å². The normalized spacial score (nSPS) is 11.1. The highest BCUT2D eigenvalue weighted by Crippen LogP contribution is 2.48. The Bertz CT molecular complexity index is 3220. The van der Waals surface area contributed by atoms with Crippen LogP contribution in [-0.4, -0.2) is 127 Å². The standard InChI is InChI=1S/C64H77N3O15/c1-8-12-25-77-27-17-23-66(62(74)45-19-15-14-16-20-45)37-47-29-42(5)31-50(59(47)79-39-56(68)69)52-33-44(7)34-53(61(52)81-41-58(72)73)51-32-43(6)30-48(60(51)80-40-57(70)71)38-67(24-18-28-78-26-13-9-2)63(75)54-35-46-21-22-49(65(10-3)11-4)36-55(46)82-64(54)76/h14-16,19-22,29-36H,8-13,17-18,23-28,37-41H2,1-7H3,(H,68,69)(H,70,71)(H,72,73). The Morgan fingerprint density at radius 2 is 0.951 bits per heavy atom. The number of benzene rings is 5. The topological polar surface area (TPSA) is 232 Å². The number of carboxylic acids is 3. The SMILES string of the molecule is CCCCOCCCN(Cc1cc(C)cc(-c2cc(C)cc(-c3cc(C)cc(CN(CCCOCCCC)C(=O)c4cc5ccc(N(CC)CC)cc5oc4=O)c3OCC(=O)O)c2OCC(=O)O)c1OCC(=O)O)C(=O)c1ccccc1. The number of ether oxygens (including phenoxy) is 5. The van der Waals surface area contributed by atoms with Gasteiger partial charge in [-0.1, -0.05) is 57.0 Å². The molecule has 0 aliphatic carbocycles. The van der Waals surface area contributed by atoms with Crippen LogP contribution >= 0.6 is 0 Å². The van der Waals surface area contributed by atoms with Crippen molar-refractivity contribution >= 4 is 46.4 Å². The number of aryl methyl sites for hydroxylation is 3. The average Bonchev–Trinajstić information content (AvgIpc) is 3.64. The maximum Gasteiger partial charge on any atom is 0.349 e. The maximum absolute atomic E-state index is 14.9. The Hall–Kier alpha value is -8.22. The molecule has 1 aromatic heterocycles. The summed E-state index contributed by atoms with van der Waals surface area (Å²) in [6.07, 6.45) is 4.51. The molecule has 1 heterocycles. The second kappa shape index (κ2) is 31.1. The summed E-state index contributed by atoms with van der Waals surface area (Å²) in [5.41, 5.74) is 4.41. The third-order valence-electron chi connectivity index (χ3n) is 13.6. The highest BCUT2D eigenvalue weighted by molar-refractivity contribution is 5.97. The Balaban J connectivity index is 1.54. The van der Waals surface area contributed by atoms with E-state index in [0.29, 0.717) is 89.2 Å². The second-order valence-corrected chi connectivity index (χ2v) is 20.1. The average molecular weight is 1130 g/mol. The molecule has 82 heavy (non-hydrogen) atoms. The molecule has 6 aromatic rings. The van der Waals surface area contributed by atoms with Crippen LogP contribution in [0.4, 0.5) is 5.69 Å². The van der Waals surface area contributed by atoms with E-state index in [9.17, 15) is 44.1 Å². The van der Waals surface area contributed by atoms with Gasteiger partial charge in [-0.25, -0.2) is 19.2 Å². The number of carbonyl (C=O) groups excluding carboxylic acids is 2. The molecule has 0 fully saturated rings. The third-order valence-corrected chi connectivity index (χ3v) is 13.6. The molecule has 0 unspecified atom stereocenters. The lowest BCUT2D eigenvalue weighted by molar-refractivity contribution is -0.140. The number of carbonyl (C=O) groups is 5. The van der Waals surface area contributed by atoms with Crippen LogP contribution in [-0.2, 0) is 36.9 Å². The first-order valence-corrected chi connectivity index (χ1v) is 28.0. The predicted octanol–water partition coefficient (Wildman–Crippen LogP) is 11.0. The fourth-order valence-corrected chi connectivity index (χ4v) is 9.70. The van der Waals surface area contributed by atoms with Crippen molar-refractivity contribution in [3.8, 4) is 39.5 Å². The number of rotatable bonds is 34. The van der Waals surface area contributed by atoms with Gasteiger partial charge in [0.1, 0.15) is 28.4 Å². The molecule has 0 aliphatic heterocycles. The van der Waals surface area contributed by atoms with Gasteiger partial charge in [0.15, 0.2) is 19.8 Å². The van der Waals surface area contributed by atoms with Gasteiger partial charge < -0.3 is 58.1 Å². The predicted molar refractivity (Wildman–Crippen MR) is 314 cm³/mol. The van der Waals surface area contributed by atoms with Gasteiger partial charge in [0.25, 0.3) is 11.8 Å². The number of anilines is 1. The van der Waals surface area contributed by atoms with Crippen molar-refractivity contribution in [2.75, 3.05) is 77.3 Å². The third kappa shape index (κ3) is 17.4. The molecular weight excluding hydrogens is 1050 g/mol. The number of nitrogens with zero attached hydrogens (tertiary/aromatic N) is 3. The van der Waals surface area contributed by atoms with E-state index < -0.39 is 49.3 Å². The lowest BCUT2D eigenvalue weighted by atomic mass is 9.90. The van der Waals surface area contributed by atoms with E-state index >= 15 is 0 Å². The first-order valence-electron chi connectivity index (χ1n) is 28.0. The number of unbranched alkanes of at least 4 members (excludes halogenated alkanes) is 2. The summed E-state index contributed by atoms with van der Waals surface area (Å²) in [4.78, 5) is 85.6. The Morgan fingerprint density at radius 3 is 1.41 bits per heavy atom. The van der Waals surface area contributed by atoms with Gasteiger partial charge in [-0.05, 0) is 132 Å². The summed E-state index contributed by atoms with van der Waals surface area (Å²) in [5, 5.41) is 30.9. The molecule has 0 saturated carbocycles. The van der Waals surface area contributed by atoms with Crippen molar-refractivity contribution in [2.24, 2.45) is 0 Å². The molecule has 18 heteroatoms. The number of amides is 2. The van der Waals surface area contributed by atoms with Crippen LogP contribution in [0.25, 0.3) is 33.2 Å². The van der Waals surface area contributed by atoms with Gasteiger partial charge in [-0.2, -0.15) is 0 Å². The molecule has 6 rings (SSSR count). The van der Waals surface area contributed by atoms with Gasteiger partial charge in [0, 0.05) is 122 Å². The van der Waals surface area contributed by atoms with E-state index in [1.165, 1.54) is 11.0 Å². The first-order chi connectivity index (χ1) is 39.5. The summed E-state index contributed by atoms with van der Waals surface area (Å²) in [6.45, 7) is 14.6. The molecular formula is C64H77N3O15. The van der Waals surface area contributed by atoms with Crippen LogP contribution in [0.15, 0.2) is 100 Å². The van der Waals surface area contributed by atoms with Gasteiger partial charge in [0.05, 0.1) is 0 Å². The lowest BCUT2D eigenvalue weighted by Gasteiger charge is -2.27. The number of fused-ring (bicyclic) bond motifs is 1. The smallest absolute Gasteiger partial charge is 0.349 e. The van der Waals surface area contributed by atoms with Crippen LogP contribution in [0, 0.1) is 20.8 Å². The summed E-state index contributed by atoms with van der Waals surface area (Å²) < 4.78 is 36.3. The van der Waals surface area contributed by atoms with Gasteiger partial charge >= 0.3 is 23.5 Å². The molecule has 0 saturated heterocycles. The molecule has 3 N–H and O–H groups in total. The van der Waals surface area contributed by atoms with Crippen molar-refractivity contribution in [1.29, 1.82) is 0 Å². The number of hydrogen-bond acceptors (Lipinski definition) is 13. The Labute approximate surface area is 479 Å². The molecule has 0 aliphatic rings. The summed E-state index contributed by atoms with van der Waals surface area (Å²) in [6, 6.07) is 26.3. The number of carboxylic acid groups (broad SMARTS) is 3. The molecule has 0 atom stereocenters. The van der Waals surface area contributed by atoms with Gasteiger partial charge in [-0.3, -0.25) is 9.59 Å². The van der Waals surface area contributed by atoms with Crippen LogP contribution in [0.2, 0.25) is 0 Å². The van der Waals surface area contributed by atoms with E-state index in [1.807, 2.05) is 32.9 Å². The monoisotopic (exact) mass is 1130 g/mol. The van der Waals surface area contributed by atoms with E-state index in [0.717, 1.165) is 44.5 Å². The van der Waals surface area contributed by atoms with E-state index in [4.69, 9.17) is 28.1 Å². The minimum Gasteiger partial charge on any atom is -0.481 e. The molecule has 18 nitrogen and oxygen atoms in total. The zero-order valence-electron chi connectivity index (χ0n) is 48.2. The molecule has 2 amide bonds. The molecule has 0 radical (unpaired) electrons. The first kappa shape index (κ1) is 63.0. The summed E-state index contributed by atoms with van der Waals surface area (Å²) in [7, 11) is 0. The zero-order chi connectivity index (χ0) is 59.3. The molecule has 438 valence electrons. The largest absolute Gasteiger partial charge is 0.481 e. The quantitative estimate of drug-likeness (QED) is 0.0252. The van der Waals surface area contributed by atoms with Gasteiger partial charge in [-0.15, -0.1) is 0 Å². The minimum absolute atomic E-state index is 0.00187. The number of hydrogen-bond donors (Lipinski definition) is 3. The molecule has 0 bridgehead atoms. The van der Waals surface area contributed by atoms with Crippen LogP contribution < -0.4 is 24.7 Å². The zero-order valence-corrected chi connectivity index (χ0v) is 48.2. The number of aliphatic carboxylic acids is 3. The van der Waals surface area contributed by atoms with Crippen molar-refractivity contribution < 1.29 is 67.4 Å². The van der Waals surface area contributed by atoms with Crippen molar-refractivity contribution in [3.05, 3.63) is 140 Å². The highest BCUT2D eigenvalue weighted by atomic mass is 16.5. The van der Waals surface area contributed by atoms with Gasteiger partial charge in [0.2, 0.25) is 0 Å². The van der Waals surface area contributed by atoms with Crippen LogP contribution in [0.3, 0.4) is 0 Å². The van der Waals surface area contributed by atoms with Crippen LogP contribution in [0.1, 0.15) is 115 Å². The van der Waals surface area contributed by atoms with E-state index in [2.05, 4.69) is 18.7 Å². The fourth-order valence-electron chi connectivity index (χ4n) is 9.70. The summed E-state index contributed by atoms with van der Waals surface area (Å²) >= 11 is 0. The minimum atomic E-state index is -1.32. The fraction of sp³-hybridized carbons (Fsp3) is 0.406. The van der Waals surface area contributed by atoms with E-state index in [1.54, 1.807) is 91.5 Å². The molecule has 0 spiro atoms. The summed E-state index contributed by atoms with van der Waals surface area (Å²) in [5.74, 6) is -4.72. The lowest BCUT2D eigenvalue weighted by Crippen LogP contribution is -2.35. The van der Waals surface area contributed by atoms with Crippen LogP contribution in [0.5, 0.6) is 17.2 Å².